The van der Waals surface area contributed by atoms with Crippen LogP contribution in [0.2, 0.25) is 0 Å². The zero-order valence-corrected chi connectivity index (χ0v) is 12.6. The smallest absolute Gasteiger partial charge is 0.220 e. The Labute approximate surface area is 116 Å². The van der Waals surface area contributed by atoms with Gasteiger partial charge in [-0.3, -0.25) is 4.79 Å². The van der Waals surface area contributed by atoms with E-state index in [0.717, 1.165) is 18.3 Å². The fourth-order valence-corrected chi connectivity index (χ4v) is 5.30. The molecule has 4 bridgehead atoms. The van der Waals surface area contributed by atoms with Crippen molar-refractivity contribution < 1.29 is 4.79 Å². The number of nitrogens with one attached hydrogen (secondary N) is 1. The number of amides is 1. The molecule has 108 valence electrons. The zero-order valence-electron chi connectivity index (χ0n) is 12.6. The third-order valence-electron chi connectivity index (χ3n) is 5.20. The fraction of sp³-hybridized carbons (Fsp3) is 0.938. The maximum atomic E-state index is 12.3. The van der Waals surface area contributed by atoms with Crippen molar-refractivity contribution in [2.75, 3.05) is 0 Å². The van der Waals surface area contributed by atoms with Crippen LogP contribution in [0.1, 0.15) is 65.7 Å². The highest BCUT2D eigenvalue weighted by atomic mass is 16.1. The van der Waals surface area contributed by atoms with Crippen LogP contribution < -0.4 is 11.1 Å². The van der Waals surface area contributed by atoms with Crippen molar-refractivity contribution in [3.05, 3.63) is 0 Å². The molecule has 0 aromatic rings. The van der Waals surface area contributed by atoms with Crippen molar-refractivity contribution in [2.45, 2.75) is 76.8 Å². The minimum Gasteiger partial charge on any atom is -0.351 e. The van der Waals surface area contributed by atoms with E-state index in [2.05, 4.69) is 26.1 Å². The number of hydrogen-bond donors (Lipinski definition) is 2. The van der Waals surface area contributed by atoms with Gasteiger partial charge in [-0.2, -0.15) is 0 Å². The summed E-state index contributed by atoms with van der Waals surface area (Å²) in [5, 5.41) is 3.39. The number of hydrogen-bond acceptors (Lipinski definition) is 2. The van der Waals surface area contributed by atoms with Crippen LogP contribution in [-0.4, -0.2) is 17.0 Å². The summed E-state index contributed by atoms with van der Waals surface area (Å²) in [6.07, 6.45) is 7.65. The standard InChI is InChI=1S/C16H28N2O/c1-14(2,3)9-13(19)18-16-7-11-4-12(8-16)6-15(17,5-11)10-16/h11-12H,4-10,17H2,1-3H3,(H,18,19)/t11-,12+,15?,16?. The summed E-state index contributed by atoms with van der Waals surface area (Å²) >= 11 is 0. The summed E-state index contributed by atoms with van der Waals surface area (Å²) in [4.78, 5) is 12.3. The van der Waals surface area contributed by atoms with Gasteiger partial charge in [0, 0.05) is 17.5 Å². The van der Waals surface area contributed by atoms with E-state index in [1.54, 1.807) is 0 Å². The molecule has 0 aromatic carbocycles. The van der Waals surface area contributed by atoms with Gasteiger partial charge in [0.05, 0.1) is 0 Å². The van der Waals surface area contributed by atoms with Crippen molar-refractivity contribution in [1.82, 2.24) is 5.32 Å². The Morgan fingerprint density at radius 1 is 1.21 bits per heavy atom. The molecule has 4 aliphatic carbocycles. The normalized spacial score (nSPS) is 44.4. The first-order chi connectivity index (χ1) is 8.67. The molecule has 4 atom stereocenters. The Bertz CT molecular complexity index is 382. The molecule has 4 rings (SSSR count). The quantitative estimate of drug-likeness (QED) is 0.805. The highest BCUT2D eigenvalue weighted by molar-refractivity contribution is 5.77. The van der Waals surface area contributed by atoms with E-state index < -0.39 is 0 Å². The first kappa shape index (κ1) is 13.4. The van der Waals surface area contributed by atoms with Crippen molar-refractivity contribution in [2.24, 2.45) is 23.0 Å². The molecule has 0 aliphatic heterocycles. The second kappa shape index (κ2) is 3.97. The zero-order chi connectivity index (χ0) is 13.9. The van der Waals surface area contributed by atoms with E-state index in [4.69, 9.17) is 5.73 Å². The lowest BCUT2D eigenvalue weighted by molar-refractivity contribution is -0.129. The minimum atomic E-state index is 0.0130. The van der Waals surface area contributed by atoms with E-state index >= 15 is 0 Å². The molecule has 2 unspecified atom stereocenters. The lowest BCUT2D eigenvalue weighted by Gasteiger charge is -2.61. The number of carbonyl (C=O) groups excluding carboxylic acids is 1. The molecule has 0 saturated heterocycles. The molecule has 4 aliphatic rings. The second-order valence-electron chi connectivity index (χ2n) is 8.89. The molecule has 0 aromatic heterocycles. The summed E-state index contributed by atoms with van der Waals surface area (Å²) in [6.45, 7) is 6.37. The van der Waals surface area contributed by atoms with Gasteiger partial charge in [-0.15, -0.1) is 0 Å². The van der Waals surface area contributed by atoms with Crippen LogP contribution in [0.4, 0.5) is 0 Å². The largest absolute Gasteiger partial charge is 0.351 e. The van der Waals surface area contributed by atoms with E-state index in [1.165, 1.54) is 32.1 Å². The molecule has 3 nitrogen and oxygen atoms in total. The molecular formula is C16H28N2O. The molecule has 4 saturated carbocycles. The number of nitrogens with two attached hydrogens (primary N) is 1. The van der Waals surface area contributed by atoms with Crippen LogP contribution in [0.15, 0.2) is 0 Å². The van der Waals surface area contributed by atoms with Crippen LogP contribution in [0.5, 0.6) is 0 Å². The van der Waals surface area contributed by atoms with Crippen molar-refractivity contribution >= 4 is 5.91 Å². The summed E-state index contributed by atoms with van der Waals surface area (Å²) < 4.78 is 0. The first-order valence-corrected chi connectivity index (χ1v) is 7.77. The minimum absolute atomic E-state index is 0.0130. The molecule has 1 amide bonds. The molecule has 3 heteroatoms. The topological polar surface area (TPSA) is 55.1 Å². The predicted molar refractivity (Wildman–Crippen MR) is 76.5 cm³/mol. The molecule has 0 heterocycles. The maximum absolute atomic E-state index is 12.3. The molecular weight excluding hydrogens is 236 g/mol. The van der Waals surface area contributed by atoms with Crippen molar-refractivity contribution in [3.8, 4) is 0 Å². The van der Waals surface area contributed by atoms with Crippen LogP contribution in [0.3, 0.4) is 0 Å². The Kier molecular flexibility index (Phi) is 2.80. The first-order valence-electron chi connectivity index (χ1n) is 7.77. The summed E-state index contributed by atoms with van der Waals surface area (Å²) in [5.41, 5.74) is 6.66. The van der Waals surface area contributed by atoms with Gasteiger partial charge in [0.25, 0.3) is 0 Å². The Morgan fingerprint density at radius 2 is 1.79 bits per heavy atom. The molecule has 0 spiro atoms. The van der Waals surface area contributed by atoms with E-state index in [1.807, 2.05) is 0 Å². The Balaban J connectivity index is 1.72. The van der Waals surface area contributed by atoms with Gasteiger partial charge in [0.2, 0.25) is 5.91 Å². The Morgan fingerprint density at radius 3 is 2.26 bits per heavy atom. The highest BCUT2D eigenvalue weighted by Crippen LogP contribution is 2.56. The molecule has 19 heavy (non-hydrogen) atoms. The van der Waals surface area contributed by atoms with Gasteiger partial charge in [-0.1, -0.05) is 20.8 Å². The maximum Gasteiger partial charge on any atom is 0.220 e. The van der Waals surface area contributed by atoms with Crippen LogP contribution in [0.25, 0.3) is 0 Å². The molecule has 0 radical (unpaired) electrons. The van der Waals surface area contributed by atoms with Gasteiger partial charge in [-0.05, 0) is 55.8 Å². The van der Waals surface area contributed by atoms with Gasteiger partial charge < -0.3 is 11.1 Å². The SMILES string of the molecule is CC(C)(C)CC(=O)NC12C[C@@H]3C[C@@H](CC(N)(C3)C1)C2. The Hall–Kier alpha value is -0.570. The van der Waals surface area contributed by atoms with Gasteiger partial charge in [0.15, 0.2) is 0 Å². The highest BCUT2D eigenvalue weighted by Gasteiger charge is 2.56. The van der Waals surface area contributed by atoms with Gasteiger partial charge >= 0.3 is 0 Å². The van der Waals surface area contributed by atoms with Crippen LogP contribution >= 0.6 is 0 Å². The summed E-state index contributed by atoms with van der Waals surface area (Å²) in [5.74, 6) is 1.72. The monoisotopic (exact) mass is 264 g/mol. The van der Waals surface area contributed by atoms with E-state index in [0.29, 0.717) is 6.42 Å². The van der Waals surface area contributed by atoms with Crippen LogP contribution in [-0.2, 0) is 4.79 Å². The second-order valence-corrected chi connectivity index (χ2v) is 8.89. The molecule has 3 N–H and O–H groups in total. The third kappa shape index (κ3) is 2.67. The average Bonchev–Trinajstić information content (AvgIpc) is 2.06. The lowest BCUT2D eigenvalue weighted by atomic mass is 9.50. The van der Waals surface area contributed by atoms with Crippen molar-refractivity contribution in [3.63, 3.8) is 0 Å². The van der Waals surface area contributed by atoms with Gasteiger partial charge in [0.1, 0.15) is 0 Å². The molecule has 4 fully saturated rings. The summed E-state index contributed by atoms with van der Waals surface area (Å²) in [7, 11) is 0. The van der Waals surface area contributed by atoms with E-state index in [9.17, 15) is 4.79 Å². The summed E-state index contributed by atoms with van der Waals surface area (Å²) in [6, 6.07) is 0. The number of rotatable bonds is 2. The fourth-order valence-electron chi connectivity index (χ4n) is 5.30. The predicted octanol–water partition coefficient (Wildman–Crippen LogP) is 2.59. The number of carbonyl (C=O) groups is 1. The third-order valence-corrected chi connectivity index (χ3v) is 5.20. The average molecular weight is 264 g/mol. The van der Waals surface area contributed by atoms with E-state index in [-0.39, 0.29) is 22.4 Å². The van der Waals surface area contributed by atoms with Gasteiger partial charge in [-0.25, -0.2) is 0 Å². The van der Waals surface area contributed by atoms with Crippen molar-refractivity contribution in [1.29, 1.82) is 0 Å². The lowest BCUT2D eigenvalue weighted by Crippen LogP contribution is -2.68. The van der Waals surface area contributed by atoms with Crippen LogP contribution in [0, 0.1) is 17.3 Å².